The maximum absolute atomic E-state index is 12.1. The van der Waals surface area contributed by atoms with Crippen LogP contribution in [0.3, 0.4) is 0 Å². The van der Waals surface area contributed by atoms with Gasteiger partial charge in [-0.05, 0) is 49.7 Å². The molecule has 8 nitrogen and oxygen atoms in total. The van der Waals surface area contributed by atoms with Crippen LogP contribution in [0.25, 0.3) is 22.5 Å². The quantitative estimate of drug-likeness (QED) is 0.490. The molecule has 0 saturated carbocycles. The minimum absolute atomic E-state index is 0.00728. The number of rotatable bonds is 6. The number of nitrogens with zero attached hydrogens (tertiary/aromatic N) is 3. The van der Waals surface area contributed by atoms with E-state index < -0.39 is 0 Å². The summed E-state index contributed by atoms with van der Waals surface area (Å²) in [5, 5.41) is 4.06. The van der Waals surface area contributed by atoms with Crippen LogP contribution in [0.5, 0.6) is 11.5 Å². The van der Waals surface area contributed by atoms with Crippen molar-refractivity contribution in [3.63, 3.8) is 0 Å². The summed E-state index contributed by atoms with van der Waals surface area (Å²) in [7, 11) is 3.18. The molecule has 0 bridgehead atoms. The molecular formula is C21H21N3O5. The predicted molar refractivity (Wildman–Crippen MR) is 107 cm³/mol. The van der Waals surface area contributed by atoms with Crippen molar-refractivity contribution in [2.45, 2.75) is 26.3 Å². The van der Waals surface area contributed by atoms with Gasteiger partial charge in [0.1, 0.15) is 0 Å². The Morgan fingerprint density at radius 1 is 1.07 bits per heavy atom. The van der Waals surface area contributed by atoms with E-state index in [0.717, 1.165) is 11.1 Å². The lowest BCUT2D eigenvalue weighted by Gasteiger charge is -2.08. The van der Waals surface area contributed by atoms with Crippen LogP contribution in [0, 0.1) is 0 Å². The molecule has 150 valence electrons. The minimum atomic E-state index is -0.380. The first-order valence-electron chi connectivity index (χ1n) is 9.19. The van der Waals surface area contributed by atoms with Gasteiger partial charge >= 0.3 is 5.76 Å². The van der Waals surface area contributed by atoms with Gasteiger partial charge in [0.25, 0.3) is 0 Å². The molecule has 0 spiro atoms. The third kappa shape index (κ3) is 3.49. The number of hydrogen-bond acceptors (Lipinski definition) is 7. The molecule has 8 heteroatoms. The second-order valence-electron chi connectivity index (χ2n) is 6.89. The van der Waals surface area contributed by atoms with Gasteiger partial charge in [-0.25, -0.2) is 4.79 Å². The van der Waals surface area contributed by atoms with Crippen molar-refractivity contribution in [1.82, 2.24) is 14.7 Å². The van der Waals surface area contributed by atoms with Gasteiger partial charge in [-0.15, -0.1) is 0 Å². The van der Waals surface area contributed by atoms with Crippen molar-refractivity contribution in [3.8, 4) is 22.9 Å². The van der Waals surface area contributed by atoms with E-state index in [4.69, 9.17) is 18.4 Å². The Morgan fingerprint density at radius 2 is 1.86 bits per heavy atom. The van der Waals surface area contributed by atoms with Gasteiger partial charge in [0.2, 0.25) is 11.7 Å². The van der Waals surface area contributed by atoms with Gasteiger partial charge in [-0.1, -0.05) is 11.2 Å². The number of methoxy groups -OCH3 is 2. The second kappa shape index (κ2) is 7.46. The normalized spacial score (nSPS) is 11.3. The zero-order valence-electron chi connectivity index (χ0n) is 16.6. The van der Waals surface area contributed by atoms with Crippen LogP contribution in [0.4, 0.5) is 0 Å². The van der Waals surface area contributed by atoms with E-state index in [1.165, 1.54) is 0 Å². The standard InChI is InChI=1S/C21H21N3O5/c1-12(2)24-15-7-6-14(11-17(15)28-21(24)25)20-22-19(29-23-20)10-13-5-8-16(26-3)18(9-13)27-4/h5-9,11-12H,10H2,1-4H3. The zero-order chi connectivity index (χ0) is 20.5. The van der Waals surface area contributed by atoms with Crippen molar-refractivity contribution >= 4 is 11.1 Å². The lowest BCUT2D eigenvalue weighted by atomic mass is 10.1. The minimum Gasteiger partial charge on any atom is -0.493 e. The molecule has 0 atom stereocenters. The maximum atomic E-state index is 12.1. The summed E-state index contributed by atoms with van der Waals surface area (Å²) in [6.45, 7) is 3.87. The molecule has 0 fully saturated rings. The van der Waals surface area contributed by atoms with Crippen LogP contribution >= 0.6 is 0 Å². The molecular weight excluding hydrogens is 374 g/mol. The summed E-state index contributed by atoms with van der Waals surface area (Å²) in [4.78, 5) is 16.5. The maximum Gasteiger partial charge on any atom is 0.420 e. The summed E-state index contributed by atoms with van der Waals surface area (Å²) < 4.78 is 23.0. The topological polar surface area (TPSA) is 92.5 Å². The molecule has 0 saturated heterocycles. The van der Waals surface area contributed by atoms with Crippen molar-refractivity contribution < 1.29 is 18.4 Å². The molecule has 0 radical (unpaired) electrons. The molecule has 4 aromatic rings. The van der Waals surface area contributed by atoms with Gasteiger partial charge in [0, 0.05) is 11.6 Å². The van der Waals surface area contributed by atoms with Crippen LogP contribution in [0.15, 0.2) is 50.1 Å². The lowest BCUT2D eigenvalue weighted by molar-refractivity contribution is 0.354. The Labute approximate surface area is 166 Å². The molecule has 0 amide bonds. The highest BCUT2D eigenvalue weighted by atomic mass is 16.5. The Kier molecular flexibility index (Phi) is 4.84. The van der Waals surface area contributed by atoms with Crippen molar-refractivity contribution in [1.29, 1.82) is 0 Å². The van der Waals surface area contributed by atoms with Gasteiger partial charge < -0.3 is 18.4 Å². The molecule has 0 unspecified atom stereocenters. The number of benzene rings is 2. The van der Waals surface area contributed by atoms with E-state index in [2.05, 4.69) is 10.1 Å². The Bertz CT molecular complexity index is 1220. The third-order valence-electron chi connectivity index (χ3n) is 4.66. The Hall–Kier alpha value is -3.55. The summed E-state index contributed by atoms with van der Waals surface area (Å²) in [6.07, 6.45) is 0.453. The molecule has 0 aliphatic heterocycles. The molecule has 0 aliphatic carbocycles. The molecule has 29 heavy (non-hydrogen) atoms. The molecule has 0 aliphatic rings. The predicted octanol–water partition coefficient (Wildman–Crippen LogP) is 3.83. The zero-order valence-corrected chi connectivity index (χ0v) is 16.6. The van der Waals surface area contributed by atoms with Crippen LogP contribution in [-0.2, 0) is 6.42 Å². The fourth-order valence-electron chi connectivity index (χ4n) is 3.27. The first-order valence-corrected chi connectivity index (χ1v) is 9.19. The highest BCUT2D eigenvalue weighted by molar-refractivity contribution is 5.78. The van der Waals surface area contributed by atoms with Gasteiger partial charge in [-0.3, -0.25) is 4.57 Å². The Morgan fingerprint density at radius 3 is 2.59 bits per heavy atom. The van der Waals surface area contributed by atoms with Crippen molar-refractivity contribution in [2.24, 2.45) is 0 Å². The third-order valence-corrected chi connectivity index (χ3v) is 4.66. The number of oxazole rings is 1. The number of ether oxygens (including phenoxy) is 2. The van der Waals surface area contributed by atoms with Crippen LogP contribution < -0.4 is 15.2 Å². The van der Waals surface area contributed by atoms with E-state index in [-0.39, 0.29) is 11.8 Å². The summed E-state index contributed by atoms with van der Waals surface area (Å²) in [5.41, 5.74) is 2.90. The van der Waals surface area contributed by atoms with Crippen LogP contribution in [-0.4, -0.2) is 28.9 Å². The average molecular weight is 395 g/mol. The first-order chi connectivity index (χ1) is 14.0. The summed E-state index contributed by atoms with van der Waals surface area (Å²) >= 11 is 0. The number of hydrogen-bond donors (Lipinski definition) is 0. The fraction of sp³-hybridized carbons (Fsp3) is 0.286. The van der Waals surface area contributed by atoms with Crippen molar-refractivity contribution in [2.75, 3.05) is 14.2 Å². The van der Waals surface area contributed by atoms with E-state index in [1.54, 1.807) is 24.9 Å². The SMILES string of the molecule is COc1ccc(Cc2nc(-c3ccc4c(c3)oc(=O)n4C(C)C)no2)cc1OC. The monoisotopic (exact) mass is 395 g/mol. The Balaban J connectivity index is 1.61. The summed E-state index contributed by atoms with van der Waals surface area (Å²) in [5.74, 6) is 1.82. The first kappa shape index (κ1) is 18.8. The van der Waals surface area contributed by atoms with Crippen molar-refractivity contribution in [3.05, 3.63) is 58.4 Å². The molecule has 2 aromatic heterocycles. The molecule has 4 rings (SSSR count). The van der Waals surface area contributed by atoms with Crippen LogP contribution in [0.2, 0.25) is 0 Å². The second-order valence-corrected chi connectivity index (χ2v) is 6.89. The average Bonchev–Trinajstić information content (AvgIpc) is 3.30. The molecule has 2 heterocycles. The van der Waals surface area contributed by atoms with E-state index in [0.29, 0.717) is 40.8 Å². The number of aromatic nitrogens is 3. The van der Waals surface area contributed by atoms with E-state index in [9.17, 15) is 4.79 Å². The van der Waals surface area contributed by atoms with Crippen LogP contribution in [0.1, 0.15) is 31.3 Å². The lowest BCUT2D eigenvalue weighted by Crippen LogP contribution is -2.15. The smallest absolute Gasteiger partial charge is 0.420 e. The van der Waals surface area contributed by atoms with E-state index in [1.807, 2.05) is 44.2 Å². The highest BCUT2D eigenvalue weighted by Gasteiger charge is 2.16. The number of fused-ring (bicyclic) bond motifs is 1. The largest absolute Gasteiger partial charge is 0.493 e. The van der Waals surface area contributed by atoms with Gasteiger partial charge in [-0.2, -0.15) is 4.98 Å². The summed E-state index contributed by atoms with van der Waals surface area (Å²) in [6, 6.07) is 11.1. The fourth-order valence-corrected chi connectivity index (χ4v) is 3.27. The van der Waals surface area contributed by atoms with Gasteiger partial charge in [0.15, 0.2) is 17.1 Å². The van der Waals surface area contributed by atoms with Gasteiger partial charge in [0.05, 0.1) is 26.2 Å². The highest BCUT2D eigenvalue weighted by Crippen LogP contribution is 2.29. The molecule has 0 N–H and O–H groups in total. The molecule has 2 aromatic carbocycles. The van der Waals surface area contributed by atoms with E-state index >= 15 is 0 Å².